The van der Waals surface area contributed by atoms with E-state index in [2.05, 4.69) is 77.1 Å². The molecule has 1 heterocycles. The molecular formula is C38H34N2O2. The van der Waals surface area contributed by atoms with Crippen LogP contribution in [0.1, 0.15) is 45.0 Å². The van der Waals surface area contributed by atoms with Crippen molar-refractivity contribution in [3.8, 4) is 0 Å². The van der Waals surface area contributed by atoms with Crippen molar-refractivity contribution in [2.24, 2.45) is 0 Å². The lowest BCUT2D eigenvalue weighted by molar-refractivity contribution is -0.587. The molecule has 0 fully saturated rings. The van der Waals surface area contributed by atoms with Crippen molar-refractivity contribution in [1.82, 2.24) is 4.90 Å². The van der Waals surface area contributed by atoms with Gasteiger partial charge in [-0.1, -0.05) is 139 Å². The third kappa shape index (κ3) is 4.90. The van der Waals surface area contributed by atoms with Crippen LogP contribution in [0.5, 0.6) is 0 Å². The molecule has 4 heteroatoms. The zero-order valence-corrected chi connectivity index (χ0v) is 24.0. The van der Waals surface area contributed by atoms with Gasteiger partial charge in [-0.05, 0) is 37.1 Å². The number of aliphatic carboxylic acids is 1. The van der Waals surface area contributed by atoms with Crippen molar-refractivity contribution >= 4 is 11.8 Å². The summed E-state index contributed by atoms with van der Waals surface area (Å²) < 4.78 is 2.27. The Balaban J connectivity index is 1.72. The maximum atomic E-state index is 14.0. The summed E-state index contributed by atoms with van der Waals surface area (Å²) in [5.41, 5.74) is 5.35. The van der Waals surface area contributed by atoms with Crippen molar-refractivity contribution in [3.63, 3.8) is 0 Å². The number of hydrogen-bond acceptors (Lipinski definition) is 3. The van der Waals surface area contributed by atoms with Gasteiger partial charge in [-0.3, -0.25) is 0 Å². The van der Waals surface area contributed by atoms with Crippen molar-refractivity contribution in [3.05, 3.63) is 178 Å². The number of carbonyl (C=O) groups is 1. The van der Waals surface area contributed by atoms with Gasteiger partial charge >= 0.3 is 0 Å². The van der Waals surface area contributed by atoms with Crippen LogP contribution in [0.4, 0.5) is 0 Å². The molecule has 5 aromatic carbocycles. The minimum absolute atomic E-state index is 0.389. The standard InChI is InChI=1S/C38H34N2O2/c1-28-18-22-32(23-19-28)35-38(37(41)42,34-24-20-29(2)21-25-34)40(27-31-14-8-4-9-15-31)36(33-16-10-5-11-17-33)39(35)26-30-12-6-3-7-13-30/h3-25,35H,26-27H2,1-2H3/t35-,38-/m1/s1. The van der Waals surface area contributed by atoms with E-state index in [1.165, 1.54) is 0 Å². The monoisotopic (exact) mass is 550 g/mol. The second kappa shape index (κ2) is 11.5. The first-order valence-electron chi connectivity index (χ1n) is 14.4. The number of carboxylic acids is 1. The third-order valence-corrected chi connectivity index (χ3v) is 8.27. The smallest absolute Gasteiger partial charge is 0.281 e. The number of carbonyl (C=O) groups excluding carboxylic acids is 1. The fourth-order valence-electron chi connectivity index (χ4n) is 6.27. The summed E-state index contributed by atoms with van der Waals surface area (Å²) in [6.07, 6.45) is 0. The number of hydrogen-bond donors (Lipinski definition) is 0. The van der Waals surface area contributed by atoms with Gasteiger partial charge in [0.25, 0.3) is 5.84 Å². The molecule has 0 aliphatic carbocycles. The predicted molar refractivity (Wildman–Crippen MR) is 165 cm³/mol. The van der Waals surface area contributed by atoms with Crippen LogP contribution in [0, 0.1) is 13.8 Å². The van der Waals surface area contributed by atoms with Crippen molar-refractivity contribution in [2.45, 2.75) is 38.5 Å². The van der Waals surface area contributed by atoms with Crippen molar-refractivity contribution < 1.29 is 14.5 Å². The number of rotatable bonds is 8. The zero-order valence-electron chi connectivity index (χ0n) is 24.0. The van der Waals surface area contributed by atoms with Crippen LogP contribution in [0.15, 0.2) is 140 Å². The summed E-state index contributed by atoms with van der Waals surface area (Å²) in [6.45, 7) is 4.98. The molecule has 1 aliphatic rings. The van der Waals surface area contributed by atoms with Gasteiger partial charge < -0.3 is 9.90 Å². The summed E-state index contributed by atoms with van der Waals surface area (Å²) in [7, 11) is 0. The van der Waals surface area contributed by atoms with E-state index < -0.39 is 17.6 Å². The lowest BCUT2D eigenvalue weighted by Gasteiger charge is -2.39. The van der Waals surface area contributed by atoms with Crippen LogP contribution >= 0.6 is 0 Å². The van der Waals surface area contributed by atoms with Gasteiger partial charge in [0.15, 0.2) is 6.04 Å². The highest BCUT2D eigenvalue weighted by Gasteiger charge is 2.63. The third-order valence-electron chi connectivity index (χ3n) is 8.27. The number of nitrogens with zero attached hydrogens (tertiary/aromatic N) is 2. The summed E-state index contributed by atoms with van der Waals surface area (Å²) in [5.74, 6) is -0.268. The molecule has 0 N–H and O–H groups in total. The number of carboxylic acid groups (broad SMARTS) is 1. The molecule has 0 amide bonds. The van der Waals surface area contributed by atoms with Gasteiger partial charge in [0, 0.05) is 11.1 Å². The highest BCUT2D eigenvalue weighted by molar-refractivity contribution is 6.00. The number of aryl methyl sites for hydroxylation is 2. The maximum absolute atomic E-state index is 14.0. The van der Waals surface area contributed by atoms with E-state index in [0.717, 1.165) is 39.2 Å². The Bertz CT molecular complexity index is 1700. The molecule has 5 aromatic rings. The van der Waals surface area contributed by atoms with Gasteiger partial charge in [0.1, 0.15) is 13.1 Å². The van der Waals surface area contributed by atoms with E-state index in [1.54, 1.807) is 0 Å². The van der Waals surface area contributed by atoms with Crippen molar-refractivity contribution in [2.75, 3.05) is 0 Å². The summed E-state index contributed by atoms with van der Waals surface area (Å²) in [5, 5.41) is 14.0. The Morgan fingerprint density at radius 3 is 1.74 bits per heavy atom. The second-order valence-electron chi connectivity index (χ2n) is 11.1. The summed E-state index contributed by atoms with van der Waals surface area (Å²) in [6, 6.07) is 46.1. The van der Waals surface area contributed by atoms with Gasteiger partial charge in [0.2, 0.25) is 5.54 Å². The SMILES string of the molecule is Cc1ccc([C@H]2[N+](Cc3ccccc3)=C(c3ccccc3)N(Cc3ccccc3)[C@]2(C(=O)[O-])c2ccc(C)cc2)cc1. The van der Waals surface area contributed by atoms with Crippen LogP contribution < -0.4 is 5.11 Å². The van der Waals surface area contributed by atoms with Crippen LogP contribution in [0.2, 0.25) is 0 Å². The molecule has 4 nitrogen and oxygen atoms in total. The summed E-state index contributed by atoms with van der Waals surface area (Å²) >= 11 is 0. The molecule has 0 unspecified atom stereocenters. The molecule has 0 bridgehead atoms. The molecule has 208 valence electrons. The normalized spacial score (nSPS) is 18.3. The Kier molecular flexibility index (Phi) is 7.45. The van der Waals surface area contributed by atoms with Crippen LogP contribution in [-0.2, 0) is 23.4 Å². The molecule has 0 radical (unpaired) electrons. The average molecular weight is 551 g/mol. The van der Waals surface area contributed by atoms with E-state index in [9.17, 15) is 9.90 Å². The minimum Gasteiger partial charge on any atom is -0.545 e. The minimum atomic E-state index is -1.53. The predicted octanol–water partition coefficient (Wildman–Crippen LogP) is 6.17. The Morgan fingerprint density at radius 2 is 1.19 bits per heavy atom. The number of benzene rings is 5. The maximum Gasteiger partial charge on any atom is 0.281 e. The van der Waals surface area contributed by atoms with E-state index in [4.69, 9.17) is 0 Å². The summed E-state index contributed by atoms with van der Waals surface area (Å²) in [4.78, 5) is 16.1. The number of amidine groups is 1. The van der Waals surface area contributed by atoms with E-state index >= 15 is 0 Å². The van der Waals surface area contributed by atoms with Crippen LogP contribution in [-0.4, -0.2) is 21.3 Å². The lowest BCUT2D eigenvalue weighted by Crippen LogP contribution is -2.59. The molecule has 42 heavy (non-hydrogen) atoms. The highest BCUT2D eigenvalue weighted by atomic mass is 16.4. The topological polar surface area (TPSA) is 46.4 Å². The largest absolute Gasteiger partial charge is 0.545 e. The Morgan fingerprint density at radius 1 is 0.690 bits per heavy atom. The Labute approximate surface area is 247 Å². The van der Waals surface area contributed by atoms with Crippen LogP contribution in [0.3, 0.4) is 0 Å². The van der Waals surface area contributed by atoms with Gasteiger partial charge in [-0.15, -0.1) is 0 Å². The fraction of sp³-hybridized carbons (Fsp3) is 0.158. The van der Waals surface area contributed by atoms with Gasteiger partial charge in [-0.2, -0.15) is 0 Å². The van der Waals surface area contributed by atoms with Crippen molar-refractivity contribution in [1.29, 1.82) is 0 Å². The zero-order chi connectivity index (χ0) is 29.1. The van der Waals surface area contributed by atoms with E-state index in [0.29, 0.717) is 18.7 Å². The molecule has 0 saturated heterocycles. The lowest BCUT2D eigenvalue weighted by atomic mass is 9.77. The first-order chi connectivity index (χ1) is 20.5. The molecule has 6 rings (SSSR count). The molecule has 0 spiro atoms. The average Bonchev–Trinajstić information content (AvgIpc) is 3.29. The Hall–Kier alpha value is -4.96. The van der Waals surface area contributed by atoms with Gasteiger partial charge in [0.05, 0.1) is 11.5 Å². The quantitative estimate of drug-likeness (QED) is 0.217. The molecule has 0 saturated carbocycles. The van der Waals surface area contributed by atoms with E-state index in [1.807, 2.05) is 85.8 Å². The second-order valence-corrected chi connectivity index (χ2v) is 11.1. The first-order valence-corrected chi connectivity index (χ1v) is 14.4. The van der Waals surface area contributed by atoms with Gasteiger partial charge in [-0.25, -0.2) is 9.48 Å². The molecule has 1 aliphatic heterocycles. The fourth-order valence-corrected chi connectivity index (χ4v) is 6.27. The molecular weight excluding hydrogens is 516 g/mol. The van der Waals surface area contributed by atoms with Crippen LogP contribution in [0.25, 0.3) is 0 Å². The van der Waals surface area contributed by atoms with E-state index in [-0.39, 0.29) is 0 Å². The molecule has 0 aromatic heterocycles. The molecule has 2 atom stereocenters. The highest BCUT2D eigenvalue weighted by Crippen LogP contribution is 2.49. The first kappa shape index (κ1) is 27.2.